The molecule has 0 aliphatic heterocycles. The van der Waals surface area contributed by atoms with E-state index in [9.17, 15) is 9.90 Å². The van der Waals surface area contributed by atoms with Crippen molar-refractivity contribution in [3.05, 3.63) is 65.2 Å². The molecule has 2 aromatic rings. The molecule has 0 saturated carbocycles. The number of rotatable bonds is 5. The Morgan fingerprint density at radius 3 is 2.19 bits per heavy atom. The number of hydrogen-bond donors (Lipinski definition) is 1. The van der Waals surface area contributed by atoms with E-state index in [-0.39, 0.29) is 0 Å². The average Bonchev–Trinajstić information content (AvgIpc) is 2.44. The highest BCUT2D eigenvalue weighted by Crippen LogP contribution is 2.22. The van der Waals surface area contributed by atoms with E-state index in [4.69, 9.17) is 0 Å². The van der Waals surface area contributed by atoms with Crippen LogP contribution in [0.15, 0.2) is 48.5 Å². The quantitative estimate of drug-likeness (QED) is 0.911. The largest absolute Gasteiger partial charge is 0.481 e. The minimum atomic E-state index is -0.794. The minimum absolute atomic E-state index is 0.447. The molecule has 1 unspecified atom stereocenters. The first kappa shape index (κ1) is 15.1. The molecule has 0 bridgehead atoms. The fourth-order valence-electron chi connectivity index (χ4n) is 2.56. The second-order valence-electron chi connectivity index (χ2n) is 5.53. The van der Waals surface area contributed by atoms with Gasteiger partial charge in [-0.05, 0) is 42.7 Å². The van der Waals surface area contributed by atoms with Crippen molar-refractivity contribution in [1.82, 2.24) is 0 Å². The topological polar surface area (TPSA) is 40.5 Å². The highest BCUT2D eigenvalue weighted by Gasteiger charge is 2.21. The normalized spacial score (nSPS) is 12.0. The second-order valence-corrected chi connectivity index (χ2v) is 5.53. The Morgan fingerprint density at radius 2 is 1.67 bits per heavy atom. The van der Waals surface area contributed by atoms with Gasteiger partial charge in [0.1, 0.15) is 0 Å². The van der Waals surface area contributed by atoms with Gasteiger partial charge in [-0.2, -0.15) is 0 Å². The number of aliphatic carboxylic acids is 1. The van der Waals surface area contributed by atoms with Crippen LogP contribution < -0.4 is 4.90 Å². The maximum atomic E-state index is 11.6. The first-order valence-corrected chi connectivity index (χ1v) is 7.04. The van der Waals surface area contributed by atoms with Crippen molar-refractivity contribution in [3.63, 3.8) is 0 Å². The van der Waals surface area contributed by atoms with Crippen LogP contribution in [0.3, 0.4) is 0 Å². The Bertz CT molecular complexity index is 602. The van der Waals surface area contributed by atoms with Crippen LogP contribution in [0, 0.1) is 13.8 Å². The first-order valence-electron chi connectivity index (χ1n) is 7.04. The molecule has 3 heteroatoms. The average molecular weight is 283 g/mol. The summed E-state index contributed by atoms with van der Waals surface area (Å²) in [6.07, 6.45) is 0. The molecule has 1 N–H and O–H groups in total. The Morgan fingerprint density at radius 1 is 1.10 bits per heavy atom. The van der Waals surface area contributed by atoms with Crippen LogP contribution in [0.2, 0.25) is 0 Å². The zero-order valence-electron chi connectivity index (χ0n) is 12.7. The number of carboxylic acids is 1. The van der Waals surface area contributed by atoms with Crippen LogP contribution in [-0.2, 0) is 4.79 Å². The van der Waals surface area contributed by atoms with Crippen molar-refractivity contribution >= 4 is 11.7 Å². The van der Waals surface area contributed by atoms with Crippen LogP contribution in [0.4, 0.5) is 5.69 Å². The third-order valence-electron chi connectivity index (χ3n) is 3.60. The molecule has 0 saturated heterocycles. The Kier molecular flexibility index (Phi) is 4.63. The number of likely N-dealkylation sites (N-methyl/N-ethyl adjacent to an activating group) is 1. The molecule has 2 rings (SSSR count). The predicted molar refractivity (Wildman–Crippen MR) is 86.0 cm³/mol. The molecule has 3 nitrogen and oxygen atoms in total. The van der Waals surface area contributed by atoms with Crippen molar-refractivity contribution in [3.8, 4) is 0 Å². The van der Waals surface area contributed by atoms with Gasteiger partial charge in [0.25, 0.3) is 0 Å². The lowest BCUT2D eigenvalue weighted by molar-refractivity contribution is -0.138. The van der Waals surface area contributed by atoms with E-state index in [1.807, 2.05) is 42.3 Å². The van der Waals surface area contributed by atoms with E-state index in [0.29, 0.717) is 6.54 Å². The van der Waals surface area contributed by atoms with Gasteiger partial charge in [-0.3, -0.25) is 4.79 Å². The Labute approximate surface area is 125 Å². The lowest BCUT2D eigenvalue weighted by Gasteiger charge is -2.24. The third-order valence-corrected chi connectivity index (χ3v) is 3.60. The number of nitrogens with zero attached hydrogens (tertiary/aromatic N) is 1. The molecule has 2 aromatic carbocycles. The summed E-state index contributed by atoms with van der Waals surface area (Å²) in [5.74, 6) is -1.32. The molecule has 0 amide bonds. The Hall–Kier alpha value is -2.29. The maximum Gasteiger partial charge on any atom is 0.312 e. The van der Waals surface area contributed by atoms with Crippen molar-refractivity contribution in [1.29, 1.82) is 0 Å². The summed E-state index contributed by atoms with van der Waals surface area (Å²) in [5, 5.41) is 9.50. The minimum Gasteiger partial charge on any atom is -0.481 e. The summed E-state index contributed by atoms with van der Waals surface area (Å²) in [6.45, 7) is 4.55. The molecule has 1 atom stereocenters. The number of aryl methyl sites for hydroxylation is 2. The van der Waals surface area contributed by atoms with Gasteiger partial charge >= 0.3 is 5.97 Å². The van der Waals surface area contributed by atoms with E-state index in [1.54, 1.807) is 0 Å². The van der Waals surface area contributed by atoms with Crippen LogP contribution in [-0.4, -0.2) is 24.7 Å². The summed E-state index contributed by atoms with van der Waals surface area (Å²) in [5.41, 5.74) is 4.25. The van der Waals surface area contributed by atoms with Gasteiger partial charge in [0.2, 0.25) is 0 Å². The third kappa shape index (κ3) is 3.85. The summed E-state index contributed by atoms with van der Waals surface area (Å²) in [4.78, 5) is 13.6. The van der Waals surface area contributed by atoms with Gasteiger partial charge in [0, 0.05) is 19.3 Å². The van der Waals surface area contributed by atoms with Gasteiger partial charge in [-0.15, -0.1) is 0 Å². The van der Waals surface area contributed by atoms with E-state index in [1.165, 1.54) is 11.1 Å². The number of carbonyl (C=O) groups is 1. The monoisotopic (exact) mass is 283 g/mol. The zero-order valence-corrected chi connectivity index (χ0v) is 12.7. The molecule has 21 heavy (non-hydrogen) atoms. The SMILES string of the molecule is Cc1cc(C)cc(N(C)CC(C(=O)O)c2ccccc2)c1. The van der Waals surface area contributed by atoms with Crippen molar-refractivity contribution in [2.24, 2.45) is 0 Å². The number of hydrogen-bond acceptors (Lipinski definition) is 2. The number of benzene rings is 2. The van der Waals surface area contributed by atoms with Gasteiger partial charge in [0.05, 0.1) is 5.92 Å². The van der Waals surface area contributed by atoms with Crippen molar-refractivity contribution in [2.75, 3.05) is 18.5 Å². The van der Waals surface area contributed by atoms with Gasteiger partial charge in [-0.1, -0.05) is 36.4 Å². The number of anilines is 1. The molecule has 0 spiro atoms. The molecule has 0 fully saturated rings. The van der Waals surface area contributed by atoms with E-state index < -0.39 is 11.9 Å². The molecule has 0 heterocycles. The van der Waals surface area contributed by atoms with Crippen LogP contribution in [0.5, 0.6) is 0 Å². The lowest BCUT2D eigenvalue weighted by Crippen LogP contribution is -2.28. The van der Waals surface area contributed by atoms with Crippen LogP contribution in [0.25, 0.3) is 0 Å². The van der Waals surface area contributed by atoms with Crippen molar-refractivity contribution in [2.45, 2.75) is 19.8 Å². The Balaban J connectivity index is 2.23. The summed E-state index contributed by atoms with van der Waals surface area (Å²) in [6, 6.07) is 15.7. The fourth-order valence-corrected chi connectivity index (χ4v) is 2.56. The van der Waals surface area contributed by atoms with Crippen LogP contribution >= 0.6 is 0 Å². The lowest BCUT2D eigenvalue weighted by atomic mass is 9.98. The first-order chi connectivity index (χ1) is 9.97. The summed E-state index contributed by atoms with van der Waals surface area (Å²) >= 11 is 0. The number of carboxylic acid groups (broad SMARTS) is 1. The fraction of sp³-hybridized carbons (Fsp3) is 0.278. The molecule has 0 aliphatic rings. The maximum absolute atomic E-state index is 11.6. The van der Waals surface area contributed by atoms with E-state index in [2.05, 4.69) is 32.0 Å². The molecule has 110 valence electrons. The van der Waals surface area contributed by atoms with Gasteiger partial charge in [0.15, 0.2) is 0 Å². The molecule has 0 aliphatic carbocycles. The second kappa shape index (κ2) is 6.44. The molecule has 0 aromatic heterocycles. The standard InChI is InChI=1S/C18H21NO2/c1-13-9-14(2)11-16(10-13)19(3)12-17(18(20)21)15-7-5-4-6-8-15/h4-11,17H,12H2,1-3H3,(H,20,21). The highest BCUT2D eigenvalue weighted by molar-refractivity contribution is 5.77. The van der Waals surface area contributed by atoms with Gasteiger partial charge in [-0.25, -0.2) is 0 Å². The molecular weight excluding hydrogens is 262 g/mol. The van der Waals surface area contributed by atoms with Crippen LogP contribution in [0.1, 0.15) is 22.6 Å². The molecular formula is C18H21NO2. The van der Waals surface area contributed by atoms with E-state index in [0.717, 1.165) is 11.3 Å². The summed E-state index contributed by atoms with van der Waals surface area (Å²) in [7, 11) is 1.94. The van der Waals surface area contributed by atoms with E-state index >= 15 is 0 Å². The smallest absolute Gasteiger partial charge is 0.312 e. The highest BCUT2D eigenvalue weighted by atomic mass is 16.4. The van der Waals surface area contributed by atoms with Gasteiger partial charge < -0.3 is 10.0 Å². The molecule has 0 radical (unpaired) electrons. The summed E-state index contributed by atoms with van der Waals surface area (Å²) < 4.78 is 0. The van der Waals surface area contributed by atoms with Crippen molar-refractivity contribution < 1.29 is 9.90 Å². The zero-order chi connectivity index (χ0) is 15.4. The predicted octanol–water partition coefficient (Wildman–Crippen LogP) is 3.61.